The van der Waals surface area contributed by atoms with Gasteiger partial charge < -0.3 is 20.8 Å². The van der Waals surface area contributed by atoms with Crippen LogP contribution in [0.25, 0.3) is 0 Å². The molecule has 0 fully saturated rings. The molecule has 0 unspecified atom stereocenters. The van der Waals surface area contributed by atoms with Crippen molar-refractivity contribution in [1.29, 1.82) is 0 Å². The summed E-state index contributed by atoms with van der Waals surface area (Å²) < 4.78 is 0. The van der Waals surface area contributed by atoms with Crippen molar-refractivity contribution in [3.05, 3.63) is 0 Å². The summed E-state index contributed by atoms with van der Waals surface area (Å²) in [4.78, 5) is 32.6. The number of carbonyl (C=O) groups excluding carboxylic acids is 1. The number of carbonyl (C=O) groups is 3. The number of aliphatic carboxylic acids is 2. The molecule has 0 saturated heterocycles. The number of urea groups is 1. The molecule has 2 atom stereocenters. The van der Waals surface area contributed by atoms with E-state index in [-0.39, 0.29) is 18.9 Å². The molecule has 104 valence electrons. The number of amides is 2. The molecule has 0 aromatic heterocycles. The Labute approximate surface area is 106 Å². The Balaban J connectivity index is 4.03. The van der Waals surface area contributed by atoms with Gasteiger partial charge in [0.25, 0.3) is 0 Å². The van der Waals surface area contributed by atoms with Crippen LogP contribution in [-0.4, -0.2) is 40.8 Å². The molecule has 0 saturated carbocycles. The van der Waals surface area contributed by atoms with Crippen LogP contribution in [0.3, 0.4) is 0 Å². The molecule has 7 heteroatoms. The number of hydrogen-bond donors (Lipinski definition) is 4. The van der Waals surface area contributed by atoms with Crippen LogP contribution in [0.15, 0.2) is 0 Å². The van der Waals surface area contributed by atoms with Crippen LogP contribution in [0.5, 0.6) is 0 Å². The fourth-order valence-corrected chi connectivity index (χ4v) is 1.32. The van der Waals surface area contributed by atoms with Gasteiger partial charge in [-0.15, -0.1) is 0 Å². The smallest absolute Gasteiger partial charge is 0.326 e. The van der Waals surface area contributed by atoms with Crippen molar-refractivity contribution in [2.75, 3.05) is 6.54 Å². The van der Waals surface area contributed by atoms with E-state index in [1.165, 1.54) is 0 Å². The molecule has 7 nitrogen and oxygen atoms in total. The second-order valence-corrected chi connectivity index (χ2v) is 4.10. The van der Waals surface area contributed by atoms with Gasteiger partial charge in [-0.25, -0.2) is 9.59 Å². The van der Waals surface area contributed by atoms with Gasteiger partial charge in [-0.1, -0.05) is 20.3 Å². The van der Waals surface area contributed by atoms with Gasteiger partial charge in [-0.2, -0.15) is 0 Å². The lowest BCUT2D eigenvalue weighted by Crippen LogP contribution is -2.49. The van der Waals surface area contributed by atoms with Crippen LogP contribution >= 0.6 is 0 Å². The van der Waals surface area contributed by atoms with Crippen LogP contribution in [0.1, 0.15) is 33.1 Å². The van der Waals surface area contributed by atoms with E-state index in [1.54, 1.807) is 6.92 Å². The van der Waals surface area contributed by atoms with Gasteiger partial charge in [0.15, 0.2) is 0 Å². The molecule has 18 heavy (non-hydrogen) atoms. The van der Waals surface area contributed by atoms with Gasteiger partial charge in [-0.05, 0) is 12.3 Å². The fourth-order valence-electron chi connectivity index (χ4n) is 1.32. The van der Waals surface area contributed by atoms with Crippen molar-refractivity contribution in [2.24, 2.45) is 5.92 Å². The van der Waals surface area contributed by atoms with Crippen molar-refractivity contribution in [1.82, 2.24) is 10.6 Å². The van der Waals surface area contributed by atoms with E-state index in [1.807, 2.05) is 6.92 Å². The highest BCUT2D eigenvalue weighted by atomic mass is 16.4. The van der Waals surface area contributed by atoms with E-state index < -0.39 is 24.0 Å². The maximum atomic E-state index is 11.4. The van der Waals surface area contributed by atoms with Crippen molar-refractivity contribution >= 4 is 18.0 Å². The van der Waals surface area contributed by atoms with Crippen LogP contribution in [0.4, 0.5) is 4.79 Å². The summed E-state index contributed by atoms with van der Waals surface area (Å²) in [7, 11) is 0. The summed E-state index contributed by atoms with van der Waals surface area (Å²) >= 11 is 0. The summed E-state index contributed by atoms with van der Waals surface area (Å²) in [5.74, 6) is -2.18. The van der Waals surface area contributed by atoms with E-state index in [4.69, 9.17) is 10.2 Å². The summed E-state index contributed by atoms with van der Waals surface area (Å²) in [5, 5.41) is 22.1. The predicted molar refractivity (Wildman–Crippen MR) is 64.3 cm³/mol. The SMILES string of the molecule is CC[C@H](C)[C@H](NC(=O)NCCCC(=O)O)C(=O)O. The number of rotatable bonds is 8. The molecule has 0 bridgehead atoms. The van der Waals surface area contributed by atoms with Crippen LogP contribution in [-0.2, 0) is 9.59 Å². The molecule has 4 N–H and O–H groups in total. The van der Waals surface area contributed by atoms with Crippen molar-refractivity contribution in [2.45, 2.75) is 39.2 Å². The lowest BCUT2D eigenvalue weighted by atomic mass is 9.99. The monoisotopic (exact) mass is 260 g/mol. The molecular weight excluding hydrogens is 240 g/mol. The second kappa shape index (κ2) is 8.32. The Bertz CT molecular complexity index is 306. The minimum Gasteiger partial charge on any atom is -0.481 e. The third-order valence-corrected chi connectivity index (χ3v) is 2.62. The van der Waals surface area contributed by atoms with Gasteiger partial charge in [0.1, 0.15) is 6.04 Å². The first-order chi connectivity index (χ1) is 8.38. The molecular formula is C11H20N2O5. The van der Waals surface area contributed by atoms with E-state index >= 15 is 0 Å². The molecule has 2 amide bonds. The van der Waals surface area contributed by atoms with Gasteiger partial charge in [0.2, 0.25) is 0 Å². The molecule has 0 radical (unpaired) electrons. The lowest BCUT2D eigenvalue weighted by molar-refractivity contribution is -0.140. The molecule has 0 aliphatic rings. The summed E-state index contributed by atoms with van der Waals surface area (Å²) in [5.41, 5.74) is 0. The van der Waals surface area contributed by atoms with Crippen LogP contribution in [0.2, 0.25) is 0 Å². The highest BCUT2D eigenvalue weighted by molar-refractivity contribution is 5.82. The zero-order valence-corrected chi connectivity index (χ0v) is 10.6. The number of hydrogen-bond acceptors (Lipinski definition) is 3. The van der Waals surface area contributed by atoms with E-state index in [9.17, 15) is 14.4 Å². The second-order valence-electron chi connectivity index (χ2n) is 4.10. The minimum absolute atomic E-state index is 0.0337. The first kappa shape index (κ1) is 16.2. The molecule has 0 aromatic rings. The Morgan fingerprint density at radius 3 is 2.28 bits per heavy atom. The molecule has 0 rings (SSSR count). The Morgan fingerprint density at radius 1 is 1.22 bits per heavy atom. The van der Waals surface area contributed by atoms with Gasteiger partial charge in [0.05, 0.1) is 0 Å². The normalized spacial score (nSPS) is 13.4. The van der Waals surface area contributed by atoms with E-state index in [2.05, 4.69) is 10.6 Å². The fraction of sp³-hybridized carbons (Fsp3) is 0.727. The molecule has 0 heterocycles. The van der Waals surface area contributed by atoms with Crippen molar-refractivity contribution in [3.63, 3.8) is 0 Å². The first-order valence-electron chi connectivity index (χ1n) is 5.87. The Morgan fingerprint density at radius 2 is 1.83 bits per heavy atom. The molecule has 0 spiro atoms. The first-order valence-corrected chi connectivity index (χ1v) is 5.87. The third-order valence-electron chi connectivity index (χ3n) is 2.62. The average molecular weight is 260 g/mol. The zero-order valence-electron chi connectivity index (χ0n) is 10.6. The summed E-state index contributed by atoms with van der Waals surface area (Å²) in [6.45, 7) is 3.78. The van der Waals surface area contributed by atoms with Gasteiger partial charge in [0, 0.05) is 13.0 Å². The topological polar surface area (TPSA) is 116 Å². The standard InChI is InChI=1S/C11H20N2O5/c1-3-7(2)9(10(16)17)13-11(18)12-6-4-5-8(14)15/h7,9H,3-6H2,1-2H3,(H,14,15)(H,16,17)(H2,12,13,18)/t7-,9-/m0/s1. The predicted octanol–water partition coefficient (Wildman–Crippen LogP) is 0.650. The van der Waals surface area contributed by atoms with Crippen LogP contribution < -0.4 is 10.6 Å². The maximum Gasteiger partial charge on any atom is 0.326 e. The lowest BCUT2D eigenvalue weighted by Gasteiger charge is -2.20. The maximum absolute atomic E-state index is 11.4. The Hall–Kier alpha value is -1.79. The molecule has 0 aliphatic carbocycles. The number of carboxylic acid groups (broad SMARTS) is 2. The van der Waals surface area contributed by atoms with Gasteiger partial charge in [-0.3, -0.25) is 4.79 Å². The van der Waals surface area contributed by atoms with Crippen molar-refractivity contribution in [3.8, 4) is 0 Å². The number of nitrogens with one attached hydrogen (secondary N) is 2. The van der Waals surface area contributed by atoms with Crippen molar-refractivity contribution < 1.29 is 24.6 Å². The minimum atomic E-state index is -1.08. The number of carboxylic acids is 2. The van der Waals surface area contributed by atoms with Gasteiger partial charge >= 0.3 is 18.0 Å². The summed E-state index contributed by atoms with van der Waals surface area (Å²) in [6, 6.07) is -1.53. The third kappa shape index (κ3) is 6.72. The Kier molecular flexibility index (Phi) is 7.50. The zero-order chi connectivity index (χ0) is 14.1. The average Bonchev–Trinajstić information content (AvgIpc) is 2.30. The highest BCUT2D eigenvalue weighted by Gasteiger charge is 2.24. The molecule has 0 aliphatic heterocycles. The van der Waals surface area contributed by atoms with E-state index in [0.29, 0.717) is 12.8 Å². The quantitative estimate of drug-likeness (QED) is 0.478. The highest BCUT2D eigenvalue weighted by Crippen LogP contribution is 2.07. The van der Waals surface area contributed by atoms with Crippen LogP contribution in [0, 0.1) is 5.92 Å². The summed E-state index contributed by atoms with van der Waals surface area (Å²) in [6.07, 6.45) is 0.911. The largest absolute Gasteiger partial charge is 0.481 e. The molecule has 0 aromatic carbocycles. The van der Waals surface area contributed by atoms with E-state index in [0.717, 1.165) is 0 Å².